The number of primary amides is 1. The number of amides is 1. The summed E-state index contributed by atoms with van der Waals surface area (Å²) in [6.45, 7) is 0. The number of halogens is 4. The molecule has 0 aliphatic carbocycles. The normalized spacial score (nSPS) is 11.3. The third-order valence-electron chi connectivity index (χ3n) is 1.87. The van der Waals surface area contributed by atoms with Gasteiger partial charge in [0.1, 0.15) is 4.47 Å². The molecule has 1 rings (SSSR count). The number of nitrogens with zero attached hydrogens (tertiary/aromatic N) is 1. The van der Waals surface area contributed by atoms with E-state index in [1.54, 1.807) is 0 Å². The number of benzene rings is 1. The number of nitro groups is 1. The Kier molecular flexibility index (Phi) is 3.41. The SMILES string of the molecule is NC(=O)c1c(C(F)(F)F)ccc([N+](=O)[O-])c1Br. The molecular formula is C8H4BrF3N2O3. The van der Waals surface area contributed by atoms with Crippen molar-refractivity contribution in [2.75, 3.05) is 0 Å². The van der Waals surface area contributed by atoms with Gasteiger partial charge in [-0.1, -0.05) is 0 Å². The van der Waals surface area contributed by atoms with Crippen molar-refractivity contribution in [3.05, 3.63) is 37.8 Å². The fraction of sp³-hybridized carbons (Fsp3) is 0.125. The molecule has 0 saturated carbocycles. The molecule has 0 fully saturated rings. The van der Waals surface area contributed by atoms with Gasteiger partial charge in [-0.05, 0) is 22.0 Å². The monoisotopic (exact) mass is 312 g/mol. The van der Waals surface area contributed by atoms with Gasteiger partial charge in [0.2, 0.25) is 0 Å². The van der Waals surface area contributed by atoms with Gasteiger partial charge in [0, 0.05) is 6.07 Å². The maximum atomic E-state index is 12.5. The lowest BCUT2D eigenvalue weighted by atomic mass is 10.1. The van der Waals surface area contributed by atoms with Gasteiger partial charge < -0.3 is 5.73 Å². The third kappa shape index (κ3) is 2.54. The van der Waals surface area contributed by atoms with E-state index in [0.717, 1.165) is 0 Å². The van der Waals surface area contributed by atoms with Crippen LogP contribution in [-0.4, -0.2) is 10.8 Å². The molecule has 1 amide bonds. The fourth-order valence-corrected chi connectivity index (χ4v) is 1.87. The lowest BCUT2D eigenvalue weighted by Gasteiger charge is -2.11. The van der Waals surface area contributed by atoms with E-state index < -0.39 is 38.3 Å². The molecule has 0 bridgehead atoms. The fourth-order valence-electron chi connectivity index (χ4n) is 1.18. The van der Waals surface area contributed by atoms with Crippen molar-refractivity contribution in [3.8, 4) is 0 Å². The molecule has 0 radical (unpaired) electrons. The molecule has 17 heavy (non-hydrogen) atoms. The standard InChI is InChI=1S/C8H4BrF3N2O3/c9-6-4(14(16)17)2-1-3(8(10,11)12)5(6)7(13)15/h1-2H,(H2,13,15). The highest BCUT2D eigenvalue weighted by molar-refractivity contribution is 9.10. The maximum absolute atomic E-state index is 12.5. The predicted molar refractivity (Wildman–Crippen MR) is 54.3 cm³/mol. The minimum absolute atomic E-state index is 0.447. The molecule has 0 spiro atoms. The molecule has 92 valence electrons. The van der Waals surface area contributed by atoms with Crippen molar-refractivity contribution in [2.24, 2.45) is 5.73 Å². The number of rotatable bonds is 2. The first-order valence-corrected chi connectivity index (χ1v) is 4.79. The first kappa shape index (κ1) is 13.4. The van der Waals surface area contributed by atoms with E-state index >= 15 is 0 Å². The molecule has 0 aromatic heterocycles. The van der Waals surface area contributed by atoms with E-state index in [-0.39, 0.29) is 0 Å². The Morgan fingerprint density at radius 3 is 2.29 bits per heavy atom. The van der Waals surface area contributed by atoms with Gasteiger partial charge in [0.05, 0.1) is 16.1 Å². The molecular weight excluding hydrogens is 309 g/mol. The molecule has 0 heterocycles. The number of alkyl halides is 3. The van der Waals surface area contributed by atoms with Crippen molar-refractivity contribution < 1.29 is 22.9 Å². The Bertz CT molecular complexity index is 502. The van der Waals surface area contributed by atoms with Crippen molar-refractivity contribution in [3.63, 3.8) is 0 Å². The number of hydrogen-bond acceptors (Lipinski definition) is 3. The number of hydrogen-bond donors (Lipinski definition) is 1. The van der Waals surface area contributed by atoms with Gasteiger partial charge in [-0.3, -0.25) is 14.9 Å². The summed E-state index contributed by atoms with van der Waals surface area (Å²) in [5, 5.41) is 10.5. The van der Waals surface area contributed by atoms with Crippen LogP contribution in [0.4, 0.5) is 18.9 Å². The molecule has 0 atom stereocenters. The first-order chi connectivity index (χ1) is 7.66. The summed E-state index contributed by atoms with van der Waals surface area (Å²) in [6, 6.07) is 1.10. The number of carbonyl (C=O) groups is 1. The van der Waals surface area contributed by atoms with Crippen LogP contribution in [0.3, 0.4) is 0 Å². The zero-order valence-electron chi connectivity index (χ0n) is 7.92. The molecule has 0 aliphatic heterocycles. The molecule has 1 aromatic carbocycles. The number of carbonyl (C=O) groups excluding carboxylic acids is 1. The van der Waals surface area contributed by atoms with Gasteiger partial charge in [0.15, 0.2) is 0 Å². The van der Waals surface area contributed by atoms with Crippen LogP contribution in [0.25, 0.3) is 0 Å². The predicted octanol–water partition coefficient (Wildman–Crippen LogP) is 2.48. The van der Waals surface area contributed by atoms with Crippen LogP contribution < -0.4 is 5.73 Å². The van der Waals surface area contributed by atoms with Crippen LogP contribution in [-0.2, 0) is 6.18 Å². The molecule has 5 nitrogen and oxygen atoms in total. The highest BCUT2D eigenvalue weighted by atomic mass is 79.9. The van der Waals surface area contributed by atoms with Gasteiger partial charge in [-0.25, -0.2) is 0 Å². The Hall–Kier alpha value is -1.64. The summed E-state index contributed by atoms with van der Waals surface area (Å²) < 4.78 is 37.0. The van der Waals surface area contributed by atoms with Gasteiger partial charge in [-0.15, -0.1) is 0 Å². The van der Waals surface area contributed by atoms with Crippen molar-refractivity contribution in [1.29, 1.82) is 0 Å². The Morgan fingerprint density at radius 2 is 1.94 bits per heavy atom. The second-order valence-electron chi connectivity index (χ2n) is 2.94. The summed E-state index contributed by atoms with van der Waals surface area (Å²) in [4.78, 5) is 20.5. The van der Waals surface area contributed by atoms with E-state index in [2.05, 4.69) is 15.9 Å². The lowest BCUT2D eigenvalue weighted by Crippen LogP contribution is -2.20. The number of nitrogens with two attached hydrogens (primary N) is 1. The molecule has 9 heteroatoms. The molecule has 0 unspecified atom stereocenters. The quantitative estimate of drug-likeness (QED) is 0.672. The van der Waals surface area contributed by atoms with Gasteiger partial charge in [-0.2, -0.15) is 13.2 Å². The van der Waals surface area contributed by atoms with Crippen LogP contribution in [0.5, 0.6) is 0 Å². The van der Waals surface area contributed by atoms with Crippen LogP contribution in [0.2, 0.25) is 0 Å². The Labute approximate surface area is 101 Å². The summed E-state index contributed by atoms with van der Waals surface area (Å²) in [6.07, 6.45) is -4.82. The average molecular weight is 313 g/mol. The van der Waals surface area contributed by atoms with Crippen LogP contribution >= 0.6 is 15.9 Å². The summed E-state index contributed by atoms with van der Waals surface area (Å²) in [7, 11) is 0. The summed E-state index contributed by atoms with van der Waals surface area (Å²) in [5.41, 5.74) is 1.86. The molecule has 0 saturated heterocycles. The second-order valence-corrected chi connectivity index (χ2v) is 3.73. The maximum Gasteiger partial charge on any atom is 0.417 e. The van der Waals surface area contributed by atoms with E-state index in [1.165, 1.54) is 0 Å². The van der Waals surface area contributed by atoms with Gasteiger partial charge in [0.25, 0.3) is 11.6 Å². The Morgan fingerprint density at radius 1 is 1.41 bits per heavy atom. The topological polar surface area (TPSA) is 86.2 Å². The van der Waals surface area contributed by atoms with Crippen LogP contribution in [0.15, 0.2) is 16.6 Å². The smallest absolute Gasteiger partial charge is 0.366 e. The zero-order chi connectivity index (χ0) is 13.4. The van der Waals surface area contributed by atoms with E-state index in [0.29, 0.717) is 12.1 Å². The van der Waals surface area contributed by atoms with Crippen LogP contribution in [0, 0.1) is 10.1 Å². The van der Waals surface area contributed by atoms with Crippen molar-refractivity contribution in [2.45, 2.75) is 6.18 Å². The van der Waals surface area contributed by atoms with E-state index in [4.69, 9.17) is 5.73 Å². The second kappa shape index (κ2) is 4.32. The largest absolute Gasteiger partial charge is 0.417 e. The summed E-state index contributed by atoms with van der Waals surface area (Å²) in [5.74, 6) is -1.40. The molecule has 2 N–H and O–H groups in total. The molecule has 0 aliphatic rings. The minimum Gasteiger partial charge on any atom is -0.366 e. The molecule has 1 aromatic rings. The van der Waals surface area contributed by atoms with E-state index in [9.17, 15) is 28.1 Å². The first-order valence-electron chi connectivity index (χ1n) is 4.00. The summed E-state index contributed by atoms with van der Waals surface area (Å²) >= 11 is 2.58. The average Bonchev–Trinajstić information content (AvgIpc) is 2.14. The van der Waals surface area contributed by atoms with Gasteiger partial charge >= 0.3 is 6.18 Å². The minimum atomic E-state index is -4.82. The lowest BCUT2D eigenvalue weighted by molar-refractivity contribution is -0.385. The highest BCUT2D eigenvalue weighted by Gasteiger charge is 2.37. The Balaban J connectivity index is 3.63. The zero-order valence-corrected chi connectivity index (χ0v) is 9.50. The van der Waals surface area contributed by atoms with Crippen LogP contribution in [0.1, 0.15) is 15.9 Å². The highest BCUT2D eigenvalue weighted by Crippen LogP contribution is 2.38. The van der Waals surface area contributed by atoms with E-state index in [1.807, 2.05) is 0 Å². The third-order valence-corrected chi connectivity index (χ3v) is 2.67. The van der Waals surface area contributed by atoms with Crippen molar-refractivity contribution in [1.82, 2.24) is 0 Å². The number of nitro benzene ring substituents is 1. The van der Waals surface area contributed by atoms with Crippen molar-refractivity contribution >= 4 is 27.5 Å².